The molecular weight excluding hydrogens is 249 g/mol. The fraction of sp³-hybridized carbons (Fsp3) is 0.429. The maximum Gasteiger partial charge on any atom is 0.310 e. The summed E-state index contributed by atoms with van der Waals surface area (Å²) in [5.41, 5.74) is 0.430. The van der Waals surface area contributed by atoms with Gasteiger partial charge in [0.2, 0.25) is 0 Å². The van der Waals surface area contributed by atoms with E-state index >= 15 is 0 Å². The van der Waals surface area contributed by atoms with Crippen molar-refractivity contribution in [3.05, 3.63) is 35.6 Å². The molecule has 5 heteroatoms. The second kappa shape index (κ2) is 5.38. The van der Waals surface area contributed by atoms with E-state index < -0.39 is 0 Å². The van der Waals surface area contributed by atoms with Gasteiger partial charge in [-0.05, 0) is 30.2 Å². The normalized spacial score (nSPS) is 22.4. The molecule has 4 nitrogen and oxygen atoms in total. The Bertz CT molecular complexity index is 486. The van der Waals surface area contributed by atoms with Crippen LogP contribution in [0.1, 0.15) is 17.3 Å². The number of ether oxygens (including phenoxy) is 1. The van der Waals surface area contributed by atoms with Crippen molar-refractivity contribution >= 4 is 11.9 Å². The molecule has 1 aromatic carbocycles. The summed E-state index contributed by atoms with van der Waals surface area (Å²) in [6, 6.07) is 5.41. The van der Waals surface area contributed by atoms with E-state index in [4.69, 9.17) is 4.74 Å². The first-order chi connectivity index (χ1) is 9.02. The number of hydrogen-bond donors (Lipinski definition) is 0. The van der Waals surface area contributed by atoms with Crippen LogP contribution in [-0.2, 0) is 9.53 Å². The second-order valence-electron chi connectivity index (χ2n) is 4.82. The maximum atomic E-state index is 12.8. The molecule has 1 heterocycles. The Kier molecular flexibility index (Phi) is 3.83. The molecule has 2 atom stereocenters. The van der Waals surface area contributed by atoms with E-state index in [0.29, 0.717) is 18.7 Å². The lowest BCUT2D eigenvalue weighted by Crippen LogP contribution is -2.30. The molecule has 1 amide bonds. The van der Waals surface area contributed by atoms with Gasteiger partial charge in [0.15, 0.2) is 0 Å². The van der Waals surface area contributed by atoms with Crippen LogP contribution in [0.2, 0.25) is 0 Å². The number of hydrogen-bond acceptors (Lipinski definition) is 3. The fourth-order valence-electron chi connectivity index (χ4n) is 2.37. The number of halogens is 1. The van der Waals surface area contributed by atoms with Crippen LogP contribution >= 0.6 is 0 Å². The van der Waals surface area contributed by atoms with Crippen molar-refractivity contribution in [2.24, 2.45) is 11.8 Å². The Morgan fingerprint density at radius 1 is 1.26 bits per heavy atom. The third-order valence-corrected chi connectivity index (χ3v) is 3.49. The Balaban J connectivity index is 2.09. The van der Waals surface area contributed by atoms with Crippen molar-refractivity contribution in [2.75, 3.05) is 20.2 Å². The Morgan fingerprint density at radius 2 is 1.89 bits per heavy atom. The van der Waals surface area contributed by atoms with Gasteiger partial charge in [-0.15, -0.1) is 0 Å². The van der Waals surface area contributed by atoms with Crippen molar-refractivity contribution < 1.29 is 18.7 Å². The molecule has 0 N–H and O–H groups in total. The molecule has 1 saturated heterocycles. The van der Waals surface area contributed by atoms with E-state index in [1.165, 1.54) is 31.4 Å². The SMILES string of the molecule is COC(=O)C1CN(C(=O)c2ccc(F)cc2)CC1C. The van der Waals surface area contributed by atoms with E-state index in [0.717, 1.165) is 0 Å². The zero-order valence-corrected chi connectivity index (χ0v) is 10.9. The van der Waals surface area contributed by atoms with Crippen molar-refractivity contribution in [3.63, 3.8) is 0 Å². The van der Waals surface area contributed by atoms with Crippen LogP contribution in [-0.4, -0.2) is 37.0 Å². The number of rotatable bonds is 2. The topological polar surface area (TPSA) is 46.6 Å². The zero-order chi connectivity index (χ0) is 14.0. The van der Waals surface area contributed by atoms with Gasteiger partial charge in [-0.3, -0.25) is 9.59 Å². The van der Waals surface area contributed by atoms with Crippen molar-refractivity contribution in [2.45, 2.75) is 6.92 Å². The Hall–Kier alpha value is -1.91. The first-order valence-electron chi connectivity index (χ1n) is 6.15. The molecule has 102 valence electrons. The van der Waals surface area contributed by atoms with E-state index in [1.807, 2.05) is 6.92 Å². The van der Waals surface area contributed by atoms with E-state index in [1.54, 1.807) is 4.90 Å². The highest BCUT2D eigenvalue weighted by atomic mass is 19.1. The first kappa shape index (κ1) is 13.5. The Labute approximate surface area is 111 Å². The quantitative estimate of drug-likeness (QED) is 0.765. The number of amides is 1. The lowest BCUT2D eigenvalue weighted by atomic mass is 9.99. The average molecular weight is 265 g/mol. The van der Waals surface area contributed by atoms with Crippen molar-refractivity contribution in [3.8, 4) is 0 Å². The summed E-state index contributed by atoms with van der Waals surface area (Å²) < 4.78 is 17.5. The number of carbonyl (C=O) groups is 2. The summed E-state index contributed by atoms with van der Waals surface area (Å²) in [6.07, 6.45) is 0. The summed E-state index contributed by atoms with van der Waals surface area (Å²) in [7, 11) is 1.35. The lowest BCUT2D eigenvalue weighted by molar-refractivity contribution is -0.146. The second-order valence-corrected chi connectivity index (χ2v) is 4.82. The van der Waals surface area contributed by atoms with Gasteiger partial charge in [-0.2, -0.15) is 0 Å². The predicted molar refractivity (Wildman–Crippen MR) is 67.0 cm³/mol. The van der Waals surface area contributed by atoms with E-state index in [2.05, 4.69) is 0 Å². The summed E-state index contributed by atoms with van der Waals surface area (Å²) in [5, 5.41) is 0. The van der Waals surface area contributed by atoms with Crippen LogP contribution in [0.5, 0.6) is 0 Å². The molecule has 19 heavy (non-hydrogen) atoms. The highest BCUT2D eigenvalue weighted by Gasteiger charge is 2.37. The molecule has 0 aromatic heterocycles. The molecule has 1 aliphatic heterocycles. The molecule has 0 spiro atoms. The van der Waals surface area contributed by atoms with E-state index in [9.17, 15) is 14.0 Å². The lowest BCUT2D eigenvalue weighted by Gasteiger charge is -2.16. The minimum absolute atomic E-state index is 0.0665. The zero-order valence-electron chi connectivity index (χ0n) is 10.9. The number of carbonyl (C=O) groups excluding carboxylic acids is 2. The monoisotopic (exact) mass is 265 g/mol. The summed E-state index contributed by atoms with van der Waals surface area (Å²) in [5.74, 6) is -1.06. The number of nitrogens with zero attached hydrogens (tertiary/aromatic N) is 1. The van der Waals surface area contributed by atoms with Gasteiger partial charge in [0.25, 0.3) is 5.91 Å². The molecule has 0 radical (unpaired) electrons. The minimum atomic E-state index is -0.376. The van der Waals surface area contributed by atoms with Crippen molar-refractivity contribution in [1.82, 2.24) is 4.90 Å². The number of likely N-dealkylation sites (tertiary alicyclic amines) is 1. The standard InChI is InChI=1S/C14H16FNO3/c1-9-7-16(8-12(9)14(18)19-2)13(17)10-3-5-11(15)6-4-10/h3-6,9,12H,7-8H2,1-2H3. The summed E-state index contributed by atoms with van der Waals surface area (Å²) in [6.45, 7) is 2.78. The van der Waals surface area contributed by atoms with Crippen LogP contribution in [0.4, 0.5) is 4.39 Å². The molecule has 2 unspecified atom stereocenters. The molecule has 1 aromatic rings. The highest BCUT2D eigenvalue weighted by molar-refractivity contribution is 5.94. The average Bonchev–Trinajstić information content (AvgIpc) is 2.80. The Morgan fingerprint density at radius 3 is 2.47 bits per heavy atom. The van der Waals surface area contributed by atoms with Crippen LogP contribution in [0, 0.1) is 17.7 Å². The van der Waals surface area contributed by atoms with Crippen LogP contribution < -0.4 is 0 Å². The van der Waals surface area contributed by atoms with Gasteiger partial charge in [0, 0.05) is 18.7 Å². The highest BCUT2D eigenvalue weighted by Crippen LogP contribution is 2.25. The van der Waals surface area contributed by atoms with Crippen LogP contribution in [0.3, 0.4) is 0 Å². The predicted octanol–water partition coefficient (Wildman–Crippen LogP) is 1.71. The van der Waals surface area contributed by atoms with Gasteiger partial charge in [0.1, 0.15) is 5.82 Å². The van der Waals surface area contributed by atoms with Gasteiger partial charge in [-0.25, -0.2) is 4.39 Å². The summed E-state index contributed by atoms with van der Waals surface area (Å²) in [4.78, 5) is 25.4. The third-order valence-electron chi connectivity index (χ3n) is 3.49. The number of esters is 1. The molecule has 0 saturated carbocycles. The van der Waals surface area contributed by atoms with E-state index in [-0.39, 0.29) is 29.5 Å². The van der Waals surface area contributed by atoms with Crippen LogP contribution in [0.25, 0.3) is 0 Å². The molecule has 1 fully saturated rings. The largest absolute Gasteiger partial charge is 0.469 e. The number of benzene rings is 1. The molecule has 1 aliphatic rings. The van der Waals surface area contributed by atoms with Crippen LogP contribution in [0.15, 0.2) is 24.3 Å². The van der Waals surface area contributed by atoms with Gasteiger partial charge >= 0.3 is 5.97 Å². The smallest absolute Gasteiger partial charge is 0.310 e. The van der Waals surface area contributed by atoms with Gasteiger partial charge in [-0.1, -0.05) is 6.92 Å². The maximum absolute atomic E-state index is 12.8. The minimum Gasteiger partial charge on any atom is -0.469 e. The van der Waals surface area contributed by atoms with Crippen molar-refractivity contribution in [1.29, 1.82) is 0 Å². The molecule has 0 bridgehead atoms. The van der Waals surface area contributed by atoms with Gasteiger partial charge < -0.3 is 9.64 Å². The molecule has 0 aliphatic carbocycles. The fourth-order valence-corrected chi connectivity index (χ4v) is 2.37. The summed E-state index contributed by atoms with van der Waals surface area (Å²) >= 11 is 0. The third kappa shape index (κ3) is 2.75. The number of methoxy groups -OCH3 is 1. The molecule has 2 rings (SSSR count). The van der Waals surface area contributed by atoms with Gasteiger partial charge in [0.05, 0.1) is 13.0 Å². The first-order valence-corrected chi connectivity index (χ1v) is 6.15. The molecular formula is C14H16FNO3.